The molecular formula is C16H15NO. The van der Waals surface area contributed by atoms with Crippen LogP contribution in [0.5, 0.6) is 5.75 Å². The maximum atomic E-state index is 9.49. The first-order valence-electron chi connectivity index (χ1n) is 6.28. The summed E-state index contributed by atoms with van der Waals surface area (Å²) in [4.78, 5) is 0. The van der Waals surface area contributed by atoms with Crippen LogP contribution in [0.3, 0.4) is 0 Å². The highest BCUT2D eigenvalue weighted by molar-refractivity contribution is 5.88. The van der Waals surface area contributed by atoms with Crippen LogP contribution in [0, 0.1) is 11.3 Å². The molecule has 0 N–H and O–H groups in total. The standard InChI is InChI=1S/C16H15NO/c1-18-13-7-6-12-4-2-5-15(14(12)10-13)16(11-17)8-3-9-16/h2,4-7,10H,3,8-9H2,1H3. The molecule has 1 saturated carbocycles. The molecule has 2 aromatic carbocycles. The Morgan fingerprint density at radius 3 is 2.67 bits per heavy atom. The van der Waals surface area contributed by atoms with Crippen molar-refractivity contribution in [2.24, 2.45) is 0 Å². The Balaban J connectivity index is 2.26. The predicted molar refractivity (Wildman–Crippen MR) is 71.6 cm³/mol. The summed E-state index contributed by atoms with van der Waals surface area (Å²) in [5.74, 6) is 0.849. The lowest BCUT2D eigenvalue weighted by molar-refractivity contribution is 0.326. The first-order chi connectivity index (χ1) is 8.79. The first-order valence-corrected chi connectivity index (χ1v) is 6.28. The quantitative estimate of drug-likeness (QED) is 0.796. The van der Waals surface area contributed by atoms with E-state index in [-0.39, 0.29) is 5.41 Å². The van der Waals surface area contributed by atoms with E-state index < -0.39 is 0 Å². The van der Waals surface area contributed by atoms with E-state index in [0.717, 1.165) is 36.0 Å². The summed E-state index contributed by atoms with van der Waals surface area (Å²) < 4.78 is 5.29. The van der Waals surface area contributed by atoms with Crippen molar-refractivity contribution < 1.29 is 4.74 Å². The van der Waals surface area contributed by atoms with E-state index in [0.29, 0.717) is 0 Å². The summed E-state index contributed by atoms with van der Waals surface area (Å²) in [6.07, 6.45) is 3.09. The zero-order valence-electron chi connectivity index (χ0n) is 10.4. The Bertz CT molecular complexity index is 635. The van der Waals surface area contributed by atoms with Gasteiger partial charge in [0, 0.05) is 0 Å². The maximum absolute atomic E-state index is 9.49. The molecule has 1 aliphatic rings. The minimum atomic E-state index is -0.272. The van der Waals surface area contributed by atoms with Crippen LogP contribution >= 0.6 is 0 Å². The minimum absolute atomic E-state index is 0.272. The van der Waals surface area contributed by atoms with E-state index >= 15 is 0 Å². The van der Waals surface area contributed by atoms with Crippen molar-refractivity contribution in [3.05, 3.63) is 42.0 Å². The molecule has 0 saturated heterocycles. The largest absolute Gasteiger partial charge is 0.497 e. The smallest absolute Gasteiger partial charge is 0.119 e. The van der Waals surface area contributed by atoms with Gasteiger partial charge in [0.1, 0.15) is 5.75 Å². The van der Waals surface area contributed by atoms with Crippen molar-refractivity contribution in [3.8, 4) is 11.8 Å². The van der Waals surface area contributed by atoms with E-state index in [1.807, 2.05) is 18.2 Å². The van der Waals surface area contributed by atoms with Crippen LogP contribution in [0.2, 0.25) is 0 Å². The molecule has 0 heterocycles. The van der Waals surface area contributed by atoms with E-state index in [2.05, 4.69) is 24.3 Å². The number of nitriles is 1. The molecule has 2 heteroatoms. The van der Waals surface area contributed by atoms with Crippen LogP contribution in [0.1, 0.15) is 24.8 Å². The van der Waals surface area contributed by atoms with Gasteiger partial charge in [0.05, 0.1) is 18.6 Å². The zero-order chi connectivity index (χ0) is 12.6. The van der Waals surface area contributed by atoms with Gasteiger partial charge >= 0.3 is 0 Å². The highest BCUT2D eigenvalue weighted by atomic mass is 16.5. The summed E-state index contributed by atoms with van der Waals surface area (Å²) in [6.45, 7) is 0. The van der Waals surface area contributed by atoms with Gasteiger partial charge < -0.3 is 4.74 Å². The molecule has 3 rings (SSSR count). The fraction of sp³-hybridized carbons (Fsp3) is 0.312. The second-order valence-corrected chi connectivity index (χ2v) is 4.94. The molecule has 0 unspecified atom stereocenters. The van der Waals surface area contributed by atoms with Crippen LogP contribution in [0.4, 0.5) is 0 Å². The van der Waals surface area contributed by atoms with Gasteiger partial charge in [0.2, 0.25) is 0 Å². The van der Waals surface area contributed by atoms with E-state index in [4.69, 9.17) is 4.74 Å². The van der Waals surface area contributed by atoms with Crippen LogP contribution in [-0.4, -0.2) is 7.11 Å². The molecular weight excluding hydrogens is 222 g/mol. The number of nitrogens with zero attached hydrogens (tertiary/aromatic N) is 1. The van der Waals surface area contributed by atoms with Crippen LogP contribution < -0.4 is 4.74 Å². The SMILES string of the molecule is COc1ccc2cccc(C3(C#N)CCC3)c2c1. The summed E-state index contributed by atoms with van der Waals surface area (Å²) in [6, 6.07) is 14.8. The van der Waals surface area contributed by atoms with Gasteiger partial charge in [-0.1, -0.05) is 24.3 Å². The number of methoxy groups -OCH3 is 1. The third-order valence-corrected chi connectivity index (χ3v) is 4.03. The molecule has 2 nitrogen and oxygen atoms in total. The Morgan fingerprint density at radius 2 is 2.06 bits per heavy atom. The molecule has 0 amide bonds. The molecule has 0 atom stereocenters. The van der Waals surface area contributed by atoms with Crippen molar-refractivity contribution in [2.45, 2.75) is 24.7 Å². The summed E-state index contributed by atoms with van der Waals surface area (Å²) in [5.41, 5.74) is 0.888. The van der Waals surface area contributed by atoms with Crippen LogP contribution in [-0.2, 0) is 5.41 Å². The average molecular weight is 237 g/mol. The number of rotatable bonds is 2. The molecule has 1 fully saturated rings. The fourth-order valence-electron chi connectivity index (χ4n) is 2.77. The highest BCUT2D eigenvalue weighted by Crippen LogP contribution is 2.45. The number of ether oxygens (including phenoxy) is 1. The molecule has 1 aliphatic carbocycles. The van der Waals surface area contributed by atoms with Crippen molar-refractivity contribution in [1.29, 1.82) is 5.26 Å². The molecule has 0 aromatic heterocycles. The van der Waals surface area contributed by atoms with Crippen molar-refractivity contribution in [1.82, 2.24) is 0 Å². The number of fused-ring (bicyclic) bond motifs is 1. The summed E-state index contributed by atoms with van der Waals surface area (Å²) >= 11 is 0. The Morgan fingerprint density at radius 1 is 1.22 bits per heavy atom. The number of hydrogen-bond acceptors (Lipinski definition) is 2. The molecule has 0 radical (unpaired) electrons. The normalized spacial score (nSPS) is 16.9. The Kier molecular flexibility index (Phi) is 2.48. The molecule has 90 valence electrons. The fourth-order valence-corrected chi connectivity index (χ4v) is 2.77. The van der Waals surface area contributed by atoms with E-state index in [9.17, 15) is 5.26 Å². The Hall–Kier alpha value is -2.01. The monoisotopic (exact) mass is 237 g/mol. The lowest BCUT2D eigenvalue weighted by Crippen LogP contribution is -2.32. The van der Waals surface area contributed by atoms with Crippen molar-refractivity contribution in [2.75, 3.05) is 7.11 Å². The van der Waals surface area contributed by atoms with Gasteiger partial charge in [-0.25, -0.2) is 0 Å². The summed E-state index contributed by atoms with van der Waals surface area (Å²) in [5, 5.41) is 11.8. The second-order valence-electron chi connectivity index (χ2n) is 4.94. The molecule has 18 heavy (non-hydrogen) atoms. The van der Waals surface area contributed by atoms with Gasteiger partial charge in [-0.3, -0.25) is 0 Å². The van der Waals surface area contributed by atoms with Crippen LogP contribution in [0.15, 0.2) is 36.4 Å². The van der Waals surface area contributed by atoms with Gasteiger partial charge in [-0.15, -0.1) is 0 Å². The molecule has 0 spiro atoms. The van der Waals surface area contributed by atoms with Gasteiger partial charge in [-0.05, 0) is 47.7 Å². The Labute approximate surface area is 107 Å². The molecule has 2 aromatic rings. The first kappa shape index (κ1) is 11.1. The molecule has 0 aliphatic heterocycles. The van der Waals surface area contributed by atoms with Gasteiger partial charge in [0.25, 0.3) is 0 Å². The predicted octanol–water partition coefficient (Wildman–Crippen LogP) is 3.79. The third kappa shape index (κ3) is 1.48. The highest BCUT2D eigenvalue weighted by Gasteiger charge is 2.39. The number of hydrogen-bond donors (Lipinski definition) is 0. The topological polar surface area (TPSA) is 33.0 Å². The summed E-state index contributed by atoms with van der Waals surface area (Å²) in [7, 11) is 1.67. The zero-order valence-corrected chi connectivity index (χ0v) is 10.4. The van der Waals surface area contributed by atoms with E-state index in [1.165, 1.54) is 5.39 Å². The molecule has 0 bridgehead atoms. The minimum Gasteiger partial charge on any atom is -0.497 e. The van der Waals surface area contributed by atoms with Crippen LogP contribution in [0.25, 0.3) is 10.8 Å². The van der Waals surface area contributed by atoms with Crippen molar-refractivity contribution in [3.63, 3.8) is 0 Å². The second kappa shape index (κ2) is 4.03. The van der Waals surface area contributed by atoms with Crippen molar-refractivity contribution >= 4 is 10.8 Å². The lowest BCUT2D eigenvalue weighted by atomic mass is 9.64. The van der Waals surface area contributed by atoms with E-state index in [1.54, 1.807) is 7.11 Å². The lowest BCUT2D eigenvalue weighted by Gasteiger charge is -2.36. The third-order valence-electron chi connectivity index (χ3n) is 4.03. The maximum Gasteiger partial charge on any atom is 0.119 e. The average Bonchev–Trinajstić information content (AvgIpc) is 2.38. The van der Waals surface area contributed by atoms with Gasteiger partial charge in [-0.2, -0.15) is 5.26 Å². The van der Waals surface area contributed by atoms with Gasteiger partial charge in [0.15, 0.2) is 0 Å². The number of benzene rings is 2.